The lowest BCUT2D eigenvalue weighted by atomic mass is 10.0. The molecule has 0 aromatic carbocycles. The van der Waals surface area contributed by atoms with Crippen LogP contribution in [-0.2, 0) is 0 Å². The van der Waals surface area contributed by atoms with Gasteiger partial charge in [-0.1, -0.05) is 23.9 Å². The summed E-state index contributed by atoms with van der Waals surface area (Å²) in [6, 6.07) is 0.133. The van der Waals surface area contributed by atoms with Gasteiger partial charge in [-0.25, -0.2) is 0 Å². The summed E-state index contributed by atoms with van der Waals surface area (Å²) >= 11 is 1.43. The number of aromatic nitrogens is 2. The molecule has 1 rings (SSSR count). The average Bonchev–Trinajstić information content (AvgIpc) is 2.67. The molecule has 0 saturated heterocycles. The van der Waals surface area contributed by atoms with Crippen molar-refractivity contribution < 1.29 is 0 Å². The lowest BCUT2D eigenvalue weighted by Crippen LogP contribution is -2.28. The van der Waals surface area contributed by atoms with Crippen LogP contribution in [0.25, 0.3) is 0 Å². The van der Waals surface area contributed by atoms with E-state index in [1.165, 1.54) is 17.1 Å². The molecule has 1 aromatic heterocycles. The van der Waals surface area contributed by atoms with E-state index in [9.17, 15) is 0 Å². The molecule has 3 N–H and O–H groups in total. The maximum absolute atomic E-state index is 5.59. The molecule has 0 bridgehead atoms. The Bertz CT molecular complexity index is 346. The molecule has 0 radical (unpaired) electrons. The molecule has 1 aromatic rings. The number of hydrogen-bond donors (Lipinski definition) is 2. The smallest absolute Gasteiger partial charge is 0.0829 e. The van der Waals surface area contributed by atoms with Crippen LogP contribution in [0.15, 0.2) is 12.2 Å². The fraction of sp³-hybridized carbons (Fsp3) is 0.636. The fourth-order valence-corrected chi connectivity index (χ4v) is 2.43. The molecular weight excluding hydrogens is 220 g/mol. The Kier molecular flexibility index (Phi) is 5.05. The van der Waals surface area contributed by atoms with E-state index in [1.807, 2.05) is 6.92 Å². The number of allylic oxidation sites excluding steroid dienone is 1. The summed E-state index contributed by atoms with van der Waals surface area (Å²) in [5, 5.41) is 4.16. The zero-order valence-electron chi connectivity index (χ0n) is 10.2. The maximum atomic E-state index is 5.59. The van der Waals surface area contributed by atoms with Gasteiger partial charge < -0.3 is 0 Å². The molecule has 0 saturated carbocycles. The summed E-state index contributed by atoms with van der Waals surface area (Å²) in [6.45, 7) is 10.2. The zero-order chi connectivity index (χ0) is 12.1. The minimum atomic E-state index is 0.133. The van der Waals surface area contributed by atoms with E-state index in [4.69, 9.17) is 5.84 Å². The highest BCUT2D eigenvalue weighted by Gasteiger charge is 2.19. The van der Waals surface area contributed by atoms with Gasteiger partial charge in [0.1, 0.15) is 0 Å². The summed E-state index contributed by atoms with van der Waals surface area (Å²) in [5.41, 5.74) is 5.07. The largest absolute Gasteiger partial charge is 0.271 e. The molecule has 0 amide bonds. The molecule has 1 heterocycles. The first-order valence-corrected chi connectivity index (χ1v) is 6.26. The third-order valence-electron chi connectivity index (χ3n) is 2.46. The number of nitrogens with one attached hydrogen (secondary N) is 1. The Morgan fingerprint density at radius 2 is 2.25 bits per heavy atom. The third kappa shape index (κ3) is 3.37. The second kappa shape index (κ2) is 6.08. The molecule has 1 unspecified atom stereocenters. The second-order valence-corrected chi connectivity index (χ2v) is 5.18. The van der Waals surface area contributed by atoms with E-state index >= 15 is 0 Å². The average molecular weight is 240 g/mol. The van der Waals surface area contributed by atoms with Crippen LogP contribution in [0.1, 0.15) is 56.1 Å². The van der Waals surface area contributed by atoms with Gasteiger partial charge in [0, 0.05) is 0 Å². The SMILES string of the molecule is C=C(C)CCC(NN)c1snnc1C(C)C. The van der Waals surface area contributed by atoms with Crippen molar-refractivity contribution in [2.45, 2.75) is 45.6 Å². The Morgan fingerprint density at radius 1 is 1.56 bits per heavy atom. The number of hydrazine groups is 1. The summed E-state index contributed by atoms with van der Waals surface area (Å²) in [4.78, 5) is 1.15. The van der Waals surface area contributed by atoms with Gasteiger partial charge in [-0.2, -0.15) is 0 Å². The molecule has 5 heteroatoms. The van der Waals surface area contributed by atoms with Gasteiger partial charge in [-0.15, -0.1) is 11.7 Å². The van der Waals surface area contributed by atoms with Crippen LogP contribution in [0.2, 0.25) is 0 Å². The molecule has 0 aliphatic rings. The van der Waals surface area contributed by atoms with Crippen LogP contribution in [0, 0.1) is 0 Å². The van der Waals surface area contributed by atoms with E-state index < -0.39 is 0 Å². The lowest BCUT2D eigenvalue weighted by molar-refractivity contribution is 0.516. The van der Waals surface area contributed by atoms with Crippen LogP contribution in [-0.4, -0.2) is 9.59 Å². The summed E-state index contributed by atoms with van der Waals surface area (Å²) in [5.74, 6) is 5.97. The maximum Gasteiger partial charge on any atom is 0.0829 e. The zero-order valence-corrected chi connectivity index (χ0v) is 11.0. The first-order valence-electron chi connectivity index (χ1n) is 5.49. The van der Waals surface area contributed by atoms with Gasteiger partial charge in [0.2, 0.25) is 0 Å². The molecule has 0 spiro atoms. The van der Waals surface area contributed by atoms with E-state index in [1.54, 1.807) is 0 Å². The topological polar surface area (TPSA) is 63.8 Å². The van der Waals surface area contributed by atoms with Gasteiger partial charge in [0.15, 0.2) is 0 Å². The van der Waals surface area contributed by atoms with Crippen molar-refractivity contribution >= 4 is 11.5 Å². The second-order valence-electron chi connectivity index (χ2n) is 4.39. The van der Waals surface area contributed by atoms with Crippen molar-refractivity contribution in [2.75, 3.05) is 0 Å². The van der Waals surface area contributed by atoms with Crippen molar-refractivity contribution in [2.24, 2.45) is 5.84 Å². The van der Waals surface area contributed by atoms with E-state index in [0.717, 1.165) is 23.4 Å². The Morgan fingerprint density at radius 3 is 2.75 bits per heavy atom. The summed E-state index contributed by atoms with van der Waals surface area (Å²) < 4.78 is 4.01. The summed E-state index contributed by atoms with van der Waals surface area (Å²) in [6.07, 6.45) is 1.90. The fourth-order valence-electron chi connectivity index (χ4n) is 1.53. The molecule has 1 atom stereocenters. The predicted molar refractivity (Wildman–Crippen MR) is 68.1 cm³/mol. The van der Waals surface area contributed by atoms with Crippen LogP contribution in [0.5, 0.6) is 0 Å². The van der Waals surface area contributed by atoms with Crippen molar-refractivity contribution in [3.05, 3.63) is 22.7 Å². The minimum Gasteiger partial charge on any atom is -0.271 e. The highest BCUT2D eigenvalue weighted by molar-refractivity contribution is 7.05. The van der Waals surface area contributed by atoms with Crippen molar-refractivity contribution in [3.63, 3.8) is 0 Å². The molecule has 90 valence electrons. The van der Waals surface area contributed by atoms with E-state index in [2.05, 4.69) is 35.4 Å². The van der Waals surface area contributed by atoms with Gasteiger partial charge in [-0.05, 0) is 37.2 Å². The van der Waals surface area contributed by atoms with Gasteiger partial charge in [0.25, 0.3) is 0 Å². The molecular formula is C11H20N4S. The highest BCUT2D eigenvalue weighted by atomic mass is 32.1. The first-order chi connectivity index (χ1) is 7.56. The number of nitrogens with zero attached hydrogens (tertiary/aromatic N) is 2. The van der Waals surface area contributed by atoms with Gasteiger partial charge in [-0.3, -0.25) is 11.3 Å². The lowest BCUT2D eigenvalue weighted by Gasteiger charge is -2.15. The number of hydrogen-bond acceptors (Lipinski definition) is 5. The van der Waals surface area contributed by atoms with Crippen LogP contribution in [0.3, 0.4) is 0 Å². The quantitative estimate of drug-likeness (QED) is 0.455. The van der Waals surface area contributed by atoms with E-state index in [0.29, 0.717) is 5.92 Å². The Balaban J connectivity index is 2.78. The summed E-state index contributed by atoms with van der Waals surface area (Å²) in [7, 11) is 0. The van der Waals surface area contributed by atoms with Gasteiger partial charge >= 0.3 is 0 Å². The van der Waals surface area contributed by atoms with Crippen molar-refractivity contribution in [1.29, 1.82) is 0 Å². The van der Waals surface area contributed by atoms with Crippen LogP contribution >= 0.6 is 11.5 Å². The normalized spacial score (nSPS) is 13.1. The Hall–Kier alpha value is -0.780. The number of nitrogens with two attached hydrogens (primary N) is 1. The monoisotopic (exact) mass is 240 g/mol. The molecule has 0 aliphatic carbocycles. The van der Waals surface area contributed by atoms with Crippen LogP contribution < -0.4 is 11.3 Å². The van der Waals surface area contributed by atoms with Crippen molar-refractivity contribution in [3.8, 4) is 0 Å². The van der Waals surface area contributed by atoms with Crippen molar-refractivity contribution in [1.82, 2.24) is 15.0 Å². The first kappa shape index (κ1) is 13.3. The molecule has 4 nitrogen and oxygen atoms in total. The molecule has 0 aliphatic heterocycles. The van der Waals surface area contributed by atoms with Gasteiger partial charge in [0.05, 0.1) is 16.6 Å². The predicted octanol–water partition coefficient (Wildman–Crippen LogP) is 2.52. The molecule has 0 fully saturated rings. The van der Waals surface area contributed by atoms with Crippen LogP contribution in [0.4, 0.5) is 0 Å². The Labute approximate surface area is 101 Å². The highest BCUT2D eigenvalue weighted by Crippen LogP contribution is 2.29. The minimum absolute atomic E-state index is 0.133. The standard InChI is InChI=1S/C11H20N4S/c1-7(2)5-6-9(13-12)11-10(8(3)4)14-15-16-11/h8-9,13H,1,5-6,12H2,2-4H3. The third-order valence-corrected chi connectivity index (χ3v) is 3.32. The number of rotatable bonds is 6. The molecule has 16 heavy (non-hydrogen) atoms. The van der Waals surface area contributed by atoms with E-state index in [-0.39, 0.29) is 6.04 Å².